The number of esters is 2. The van der Waals surface area contributed by atoms with Crippen molar-refractivity contribution in [1.29, 1.82) is 0 Å². The van der Waals surface area contributed by atoms with Crippen LogP contribution in [-0.2, 0) is 4.74 Å². The van der Waals surface area contributed by atoms with Crippen LogP contribution in [0.25, 0.3) is 11.4 Å². The molecule has 0 aliphatic carbocycles. The molecule has 0 amide bonds. The fourth-order valence-electron chi connectivity index (χ4n) is 5.05. The molecule has 0 spiro atoms. The van der Waals surface area contributed by atoms with Crippen LogP contribution in [0.4, 0.5) is 13.2 Å². The van der Waals surface area contributed by atoms with Crippen molar-refractivity contribution in [3.8, 4) is 22.9 Å². The molecule has 256 valence electrons. The highest BCUT2D eigenvalue weighted by Gasteiger charge is 2.42. The van der Waals surface area contributed by atoms with E-state index in [-0.39, 0.29) is 23.3 Å². The van der Waals surface area contributed by atoms with Gasteiger partial charge in [-0.05, 0) is 62.1 Å². The summed E-state index contributed by atoms with van der Waals surface area (Å²) in [4.78, 5) is 34.2. The van der Waals surface area contributed by atoms with Crippen molar-refractivity contribution in [1.82, 2.24) is 9.97 Å². The van der Waals surface area contributed by atoms with Gasteiger partial charge in [-0.2, -0.15) is 13.2 Å². The van der Waals surface area contributed by atoms with Gasteiger partial charge in [0.2, 0.25) is 0 Å². The number of halogens is 3. The molecule has 2 aromatic carbocycles. The SMILES string of the molecule is CCCCCCCCCC[C@H](OC(=O)c1ccc(OC(=O)c2ccc(-c3ncc(OCCCCCC)cn3)cc2)cc1C)C(F)(F)F. The second-order valence-electron chi connectivity index (χ2n) is 11.8. The molecule has 7 nitrogen and oxygen atoms in total. The van der Waals surface area contributed by atoms with Crippen molar-refractivity contribution >= 4 is 11.9 Å². The van der Waals surface area contributed by atoms with E-state index in [1.54, 1.807) is 43.6 Å². The van der Waals surface area contributed by atoms with Crippen LogP contribution in [0, 0.1) is 6.92 Å². The molecule has 3 rings (SSSR count). The predicted molar refractivity (Wildman–Crippen MR) is 176 cm³/mol. The Bertz CT molecular complexity index is 1380. The van der Waals surface area contributed by atoms with E-state index >= 15 is 0 Å². The molecule has 0 saturated heterocycles. The third-order valence-electron chi connectivity index (χ3n) is 7.84. The second-order valence-corrected chi connectivity index (χ2v) is 11.8. The summed E-state index contributed by atoms with van der Waals surface area (Å²) in [5.74, 6) is -0.480. The minimum Gasteiger partial charge on any atom is -0.490 e. The summed E-state index contributed by atoms with van der Waals surface area (Å²) in [5.41, 5.74) is 1.28. The molecule has 0 bridgehead atoms. The van der Waals surface area contributed by atoms with E-state index in [9.17, 15) is 22.8 Å². The van der Waals surface area contributed by atoms with Gasteiger partial charge in [0, 0.05) is 5.56 Å². The molecular formula is C37H47F3N2O5. The topological polar surface area (TPSA) is 87.6 Å². The number of aromatic nitrogens is 2. The summed E-state index contributed by atoms with van der Waals surface area (Å²) in [6, 6.07) is 10.7. The highest BCUT2D eigenvalue weighted by molar-refractivity contribution is 5.93. The number of aryl methyl sites for hydroxylation is 1. The molecule has 0 N–H and O–H groups in total. The van der Waals surface area contributed by atoms with Crippen molar-refractivity contribution in [3.63, 3.8) is 0 Å². The molecule has 0 aliphatic heterocycles. The number of hydrogen-bond donors (Lipinski definition) is 0. The van der Waals surface area contributed by atoms with Crippen molar-refractivity contribution in [2.24, 2.45) is 0 Å². The average molecular weight is 657 g/mol. The minimum absolute atomic E-state index is 0.0211. The van der Waals surface area contributed by atoms with Gasteiger partial charge >= 0.3 is 18.1 Å². The van der Waals surface area contributed by atoms with Gasteiger partial charge in [0.05, 0.1) is 30.1 Å². The molecule has 0 aliphatic rings. The maximum absolute atomic E-state index is 13.6. The van der Waals surface area contributed by atoms with Crippen LogP contribution in [0.1, 0.15) is 124 Å². The lowest BCUT2D eigenvalue weighted by Crippen LogP contribution is -2.34. The Hall–Kier alpha value is -3.95. The van der Waals surface area contributed by atoms with E-state index in [1.165, 1.54) is 31.0 Å². The standard InChI is InChI=1S/C37H47F3N2O5/c1-4-6-8-10-11-12-13-14-16-33(37(38,39)40)47-36(44)32-22-21-30(24-27(32)3)46-35(43)29-19-17-28(18-20-29)34-41-25-31(26-42-34)45-23-15-9-7-5-2/h17-22,24-26,33H,4-16,23H2,1-3H3/t33-/m0/s1. The van der Waals surface area contributed by atoms with Crippen LogP contribution in [0.15, 0.2) is 54.9 Å². The van der Waals surface area contributed by atoms with E-state index in [0.717, 1.165) is 51.4 Å². The minimum atomic E-state index is -4.66. The zero-order valence-corrected chi connectivity index (χ0v) is 27.7. The second kappa shape index (κ2) is 19.7. The van der Waals surface area contributed by atoms with Gasteiger partial charge in [-0.1, -0.05) is 90.2 Å². The molecular weight excluding hydrogens is 609 g/mol. The number of ether oxygens (including phenoxy) is 3. The molecule has 0 fully saturated rings. The Kier molecular flexibility index (Phi) is 15.7. The maximum atomic E-state index is 13.6. The summed E-state index contributed by atoms with van der Waals surface area (Å²) in [7, 11) is 0. The molecule has 1 aromatic heterocycles. The van der Waals surface area contributed by atoms with Gasteiger partial charge in [0.1, 0.15) is 5.75 Å². The normalized spacial score (nSPS) is 12.0. The van der Waals surface area contributed by atoms with Gasteiger partial charge in [0.25, 0.3) is 0 Å². The number of nitrogens with zero attached hydrogens (tertiary/aromatic N) is 2. The van der Waals surface area contributed by atoms with Crippen LogP contribution in [0.5, 0.6) is 11.5 Å². The molecule has 1 heterocycles. The van der Waals surface area contributed by atoms with Crippen molar-refractivity contribution < 1.29 is 37.0 Å². The summed E-state index contributed by atoms with van der Waals surface area (Å²) in [5, 5.41) is 0. The van der Waals surface area contributed by atoms with E-state index in [0.29, 0.717) is 42.1 Å². The molecule has 10 heteroatoms. The number of benzene rings is 2. The molecule has 47 heavy (non-hydrogen) atoms. The predicted octanol–water partition coefficient (Wildman–Crippen LogP) is 10.2. The molecule has 1 atom stereocenters. The first-order chi connectivity index (χ1) is 22.6. The van der Waals surface area contributed by atoms with Crippen molar-refractivity contribution in [3.05, 3.63) is 71.5 Å². The van der Waals surface area contributed by atoms with Gasteiger partial charge in [0.15, 0.2) is 17.7 Å². The van der Waals surface area contributed by atoms with Gasteiger partial charge in [-0.3, -0.25) is 0 Å². The van der Waals surface area contributed by atoms with Gasteiger partial charge < -0.3 is 14.2 Å². The molecule has 3 aromatic rings. The Labute approximate surface area is 276 Å². The number of alkyl halides is 3. The van der Waals surface area contributed by atoms with Crippen molar-refractivity contribution in [2.45, 2.75) is 117 Å². The smallest absolute Gasteiger partial charge is 0.425 e. The van der Waals surface area contributed by atoms with Crippen LogP contribution in [0.2, 0.25) is 0 Å². The largest absolute Gasteiger partial charge is 0.490 e. The average Bonchev–Trinajstić information content (AvgIpc) is 3.05. The number of unbranched alkanes of at least 4 members (excludes halogenated alkanes) is 10. The number of rotatable bonds is 20. The van der Waals surface area contributed by atoms with Crippen LogP contribution in [-0.4, -0.2) is 40.8 Å². The monoisotopic (exact) mass is 656 g/mol. The lowest BCUT2D eigenvalue weighted by Gasteiger charge is -2.21. The Morgan fingerprint density at radius 3 is 1.94 bits per heavy atom. The lowest BCUT2D eigenvalue weighted by molar-refractivity contribution is -0.206. The fourth-order valence-corrected chi connectivity index (χ4v) is 5.05. The lowest BCUT2D eigenvalue weighted by atomic mass is 10.0. The molecule has 0 saturated carbocycles. The first-order valence-corrected chi connectivity index (χ1v) is 16.8. The van der Waals surface area contributed by atoms with Crippen molar-refractivity contribution in [2.75, 3.05) is 6.61 Å². The van der Waals surface area contributed by atoms with E-state index in [1.807, 2.05) is 0 Å². The Morgan fingerprint density at radius 2 is 1.34 bits per heavy atom. The zero-order chi connectivity index (χ0) is 34.1. The molecule has 0 radical (unpaired) electrons. The summed E-state index contributed by atoms with van der Waals surface area (Å²) in [6.45, 7) is 6.45. The quantitative estimate of drug-likeness (QED) is 0.0679. The van der Waals surface area contributed by atoms with E-state index < -0.39 is 24.2 Å². The van der Waals surface area contributed by atoms with Crippen LogP contribution >= 0.6 is 0 Å². The Morgan fingerprint density at radius 1 is 0.745 bits per heavy atom. The van der Waals surface area contributed by atoms with E-state index in [2.05, 4.69) is 23.8 Å². The summed E-state index contributed by atoms with van der Waals surface area (Å²) >= 11 is 0. The number of carbonyl (C=O) groups excluding carboxylic acids is 2. The Balaban J connectivity index is 1.51. The van der Waals surface area contributed by atoms with Gasteiger partial charge in [-0.25, -0.2) is 19.6 Å². The zero-order valence-electron chi connectivity index (χ0n) is 27.7. The third-order valence-corrected chi connectivity index (χ3v) is 7.84. The van der Waals surface area contributed by atoms with Crippen LogP contribution in [0.3, 0.4) is 0 Å². The fraction of sp³-hybridized carbons (Fsp3) is 0.514. The maximum Gasteiger partial charge on any atom is 0.425 e. The summed E-state index contributed by atoms with van der Waals surface area (Å²) in [6.07, 6.45) is 7.96. The highest BCUT2D eigenvalue weighted by atomic mass is 19.4. The molecule has 0 unspecified atom stereocenters. The first kappa shape index (κ1) is 37.5. The first-order valence-electron chi connectivity index (χ1n) is 16.8. The highest BCUT2D eigenvalue weighted by Crippen LogP contribution is 2.29. The summed E-state index contributed by atoms with van der Waals surface area (Å²) < 4.78 is 57.0. The third kappa shape index (κ3) is 13.0. The number of carbonyl (C=O) groups is 2. The van der Waals surface area contributed by atoms with Gasteiger partial charge in [-0.15, -0.1) is 0 Å². The van der Waals surface area contributed by atoms with E-state index in [4.69, 9.17) is 14.2 Å². The van der Waals surface area contributed by atoms with Crippen LogP contribution < -0.4 is 9.47 Å². The number of hydrogen-bond acceptors (Lipinski definition) is 7.